The van der Waals surface area contributed by atoms with Gasteiger partial charge in [0, 0.05) is 16.6 Å². The SMILES string of the molecule is O=S(=O)(Cl)Cc1nnc(C2CC2)o1. The van der Waals surface area contributed by atoms with Gasteiger partial charge in [0.1, 0.15) is 5.75 Å². The van der Waals surface area contributed by atoms with Crippen LogP contribution in [0.15, 0.2) is 4.42 Å². The monoisotopic (exact) mass is 222 g/mol. The largest absolute Gasteiger partial charge is 0.424 e. The van der Waals surface area contributed by atoms with E-state index in [1.807, 2.05) is 0 Å². The molecule has 5 nitrogen and oxygen atoms in total. The van der Waals surface area contributed by atoms with E-state index in [4.69, 9.17) is 15.1 Å². The Morgan fingerprint density at radius 1 is 1.46 bits per heavy atom. The zero-order valence-corrected chi connectivity index (χ0v) is 8.18. The third-order valence-electron chi connectivity index (χ3n) is 1.70. The quantitative estimate of drug-likeness (QED) is 0.714. The third-order valence-corrected chi connectivity index (χ3v) is 2.62. The molecule has 1 fully saturated rings. The van der Waals surface area contributed by atoms with Gasteiger partial charge >= 0.3 is 0 Å². The normalized spacial score (nSPS) is 17.6. The van der Waals surface area contributed by atoms with E-state index in [0.29, 0.717) is 11.8 Å². The number of hydrogen-bond donors (Lipinski definition) is 0. The van der Waals surface area contributed by atoms with Crippen molar-refractivity contribution in [3.8, 4) is 0 Å². The van der Waals surface area contributed by atoms with Crippen LogP contribution in [0.25, 0.3) is 0 Å². The maximum absolute atomic E-state index is 10.6. The van der Waals surface area contributed by atoms with Crippen LogP contribution < -0.4 is 0 Å². The Kier molecular flexibility index (Phi) is 2.03. The first kappa shape index (κ1) is 8.96. The highest BCUT2D eigenvalue weighted by atomic mass is 35.7. The Morgan fingerprint density at radius 3 is 2.69 bits per heavy atom. The van der Waals surface area contributed by atoms with Crippen LogP contribution >= 0.6 is 10.7 Å². The molecular weight excluding hydrogens is 216 g/mol. The first-order valence-electron chi connectivity index (χ1n) is 3.79. The second-order valence-electron chi connectivity index (χ2n) is 2.99. The number of aromatic nitrogens is 2. The Labute approximate surface area is 79.5 Å². The molecule has 1 heterocycles. The minimum Gasteiger partial charge on any atom is -0.424 e. The molecule has 0 unspecified atom stereocenters. The van der Waals surface area contributed by atoms with Crippen LogP contribution in [0.2, 0.25) is 0 Å². The van der Waals surface area contributed by atoms with Crippen molar-refractivity contribution < 1.29 is 12.8 Å². The summed E-state index contributed by atoms with van der Waals surface area (Å²) in [6.45, 7) is 0. The summed E-state index contributed by atoms with van der Waals surface area (Å²) in [5.74, 6) is 0.528. The van der Waals surface area contributed by atoms with Gasteiger partial charge in [-0.2, -0.15) is 0 Å². The highest BCUT2D eigenvalue weighted by Gasteiger charge is 2.29. The Bertz CT molecular complexity index is 409. The second kappa shape index (κ2) is 2.95. The molecule has 0 spiro atoms. The van der Waals surface area contributed by atoms with Crippen LogP contribution in [0.1, 0.15) is 30.5 Å². The summed E-state index contributed by atoms with van der Waals surface area (Å²) in [6, 6.07) is 0. The lowest BCUT2D eigenvalue weighted by molar-refractivity contribution is 0.463. The van der Waals surface area contributed by atoms with E-state index >= 15 is 0 Å². The molecule has 1 aliphatic rings. The molecule has 0 aromatic carbocycles. The summed E-state index contributed by atoms with van der Waals surface area (Å²) in [5, 5.41) is 7.31. The first-order chi connectivity index (χ1) is 6.04. The van der Waals surface area contributed by atoms with Gasteiger partial charge in [0.25, 0.3) is 0 Å². The van der Waals surface area contributed by atoms with E-state index in [2.05, 4.69) is 10.2 Å². The van der Waals surface area contributed by atoms with Crippen molar-refractivity contribution in [1.82, 2.24) is 10.2 Å². The predicted molar refractivity (Wildman–Crippen MR) is 44.7 cm³/mol. The molecule has 0 atom stereocenters. The fourth-order valence-electron chi connectivity index (χ4n) is 0.968. The van der Waals surface area contributed by atoms with Crippen molar-refractivity contribution in [3.63, 3.8) is 0 Å². The van der Waals surface area contributed by atoms with Gasteiger partial charge < -0.3 is 4.42 Å². The Balaban J connectivity index is 2.13. The minimum absolute atomic E-state index is 0.0666. The van der Waals surface area contributed by atoms with E-state index in [1.54, 1.807) is 0 Å². The second-order valence-corrected chi connectivity index (χ2v) is 5.77. The summed E-state index contributed by atoms with van der Waals surface area (Å²) in [4.78, 5) is 0. The fraction of sp³-hybridized carbons (Fsp3) is 0.667. The van der Waals surface area contributed by atoms with E-state index in [1.165, 1.54) is 0 Å². The first-order valence-corrected chi connectivity index (χ1v) is 6.27. The number of halogens is 1. The smallest absolute Gasteiger partial charge is 0.241 e. The number of nitrogens with zero attached hydrogens (tertiary/aromatic N) is 2. The molecule has 1 saturated carbocycles. The molecule has 1 aromatic heterocycles. The zero-order chi connectivity index (χ0) is 9.47. The van der Waals surface area contributed by atoms with Crippen LogP contribution in [0, 0.1) is 0 Å². The zero-order valence-electron chi connectivity index (χ0n) is 6.60. The molecule has 7 heteroatoms. The van der Waals surface area contributed by atoms with Gasteiger partial charge in [-0.3, -0.25) is 0 Å². The van der Waals surface area contributed by atoms with E-state index in [0.717, 1.165) is 12.8 Å². The number of hydrogen-bond acceptors (Lipinski definition) is 5. The highest BCUT2D eigenvalue weighted by Crippen LogP contribution is 2.39. The molecule has 0 amide bonds. The van der Waals surface area contributed by atoms with Gasteiger partial charge in [-0.05, 0) is 12.8 Å². The van der Waals surface area contributed by atoms with Gasteiger partial charge in [-0.25, -0.2) is 8.42 Å². The molecule has 1 aromatic rings. The topological polar surface area (TPSA) is 73.1 Å². The Morgan fingerprint density at radius 2 is 2.15 bits per heavy atom. The van der Waals surface area contributed by atoms with Crippen LogP contribution in [0.5, 0.6) is 0 Å². The maximum Gasteiger partial charge on any atom is 0.241 e. The van der Waals surface area contributed by atoms with E-state index in [-0.39, 0.29) is 5.89 Å². The van der Waals surface area contributed by atoms with Crippen molar-refractivity contribution in [1.29, 1.82) is 0 Å². The summed E-state index contributed by atoms with van der Waals surface area (Å²) in [6.07, 6.45) is 2.07. The molecule has 1 aliphatic carbocycles. The van der Waals surface area contributed by atoms with Crippen molar-refractivity contribution in [2.75, 3.05) is 0 Å². The van der Waals surface area contributed by atoms with Gasteiger partial charge in [-0.15, -0.1) is 10.2 Å². The van der Waals surface area contributed by atoms with Crippen molar-refractivity contribution in [3.05, 3.63) is 11.8 Å². The molecule has 13 heavy (non-hydrogen) atoms. The highest BCUT2D eigenvalue weighted by molar-refractivity contribution is 8.13. The number of rotatable bonds is 3. The Hall–Kier alpha value is -0.620. The van der Waals surface area contributed by atoms with Crippen molar-refractivity contribution in [2.45, 2.75) is 24.5 Å². The van der Waals surface area contributed by atoms with Gasteiger partial charge in [-0.1, -0.05) is 0 Å². The summed E-state index contributed by atoms with van der Waals surface area (Å²) in [5.41, 5.74) is 0. The molecule has 0 bridgehead atoms. The van der Waals surface area contributed by atoms with Gasteiger partial charge in [0.05, 0.1) is 0 Å². The van der Waals surface area contributed by atoms with E-state index < -0.39 is 14.8 Å². The van der Waals surface area contributed by atoms with Crippen LogP contribution in [-0.4, -0.2) is 18.6 Å². The predicted octanol–water partition coefficient (Wildman–Crippen LogP) is 1.02. The van der Waals surface area contributed by atoms with Gasteiger partial charge in [0.15, 0.2) is 0 Å². The minimum atomic E-state index is -3.59. The van der Waals surface area contributed by atoms with Crippen molar-refractivity contribution in [2.24, 2.45) is 0 Å². The summed E-state index contributed by atoms with van der Waals surface area (Å²) >= 11 is 0. The van der Waals surface area contributed by atoms with Gasteiger partial charge in [0.2, 0.25) is 20.8 Å². The van der Waals surface area contributed by atoms with Crippen LogP contribution in [0.4, 0.5) is 0 Å². The van der Waals surface area contributed by atoms with Crippen LogP contribution in [0.3, 0.4) is 0 Å². The molecule has 0 radical (unpaired) electrons. The lowest BCUT2D eigenvalue weighted by Gasteiger charge is -1.87. The lowest BCUT2D eigenvalue weighted by atomic mass is 10.4. The molecule has 0 N–H and O–H groups in total. The summed E-state index contributed by atoms with van der Waals surface area (Å²) < 4.78 is 26.4. The molecule has 72 valence electrons. The molecule has 2 rings (SSSR count). The maximum atomic E-state index is 10.6. The molecular formula is C6H7ClN2O3S. The molecule has 0 saturated heterocycles. The average molecular weight is 223 g/mol. The standard InChI is InChI=1S/C6H7ClN2O3S/c7-13(10,11)3-5-8-9-6(12-5)4-1-2-4/h4H,1-3H2. The summed E-state index contributed by atoms with van der Waals surface area (Å²) in [7, 11) is 1.42. The third kappa shape index (κ3) is 2.41. The fourth-order valence-corrected chi connectivity index (χ4v) is 1.66. The molecule has 0 aliphatic heterocycles. The van der Waals surface area contributed by atoms with Crippen molar-refractivity contribution >= 4 is 19.7 Å². The average Bonchev–Trinajstić information content (AvgIpc) is 2.72. The lowest BCUT2D eigenvalue weighted by Crippen LogP contribution is -1.94. The van der Waals surface area contributed by atoms with E-state index in [9.17, 15) is 8.42 Å². The van der Waals surface area contributed by atoms with Crippen LogP contribution in [-0.2, 0) is 14.8 Å².